The number of amides is 9. The van der Waals surface area contributed by atoms with Gasteiger partial charge in [0.25, 0.3) is 11.4 Å². The van der Waals surface area contributed by atoms with Crippen molar-refractivity contribution < 1.29 is 172 Å². The van der Waals surface area contributed by atoms with Crippen molar-refractivity contribution in [2.75, 3.05) is 188 Å². The topological polar surface area (TPSA) is 781 Å². The van der Waals surface area contributed by atoms with Gasteiger partial charge in [-0.2, -0.15) is 23.5 Å². The molecular formula is C86H133N19O37S2. The van der Waals surface area contributed by atoms with E-state index in [2.05, 4.69) is 47.9 Å². The third-order valence-corrected chi connectivity index (χ3v) is 28.4. The Morgan fingerprint density at radius 3 is 1.10 bits per heavy atom. The summed E-state index contributed by atoms with van der Waals surface area (Å²) in [6.07, 6.45) is -14.5. The molecule has 0 saturated carbocycles. The predicted octanol–water partition coefficient (Wildman–Crippen LogP) is -6.04. The van der Waals surface area contributed by atoms with Crippen LogP contribution in [0.2, 0.25) is 0 Å². The molecule has 8 heterocycles. The van der Waals surface area contributed by atoms with Crippen molar-refractivity contribution in [1.82, 2.24) is 87.1 Å². The van der Waals surface area contributed by atoms with Gasteiger partial charge in [-0.05, 0) is 62.8 Å². The van der Waals surface area contributed by atoms with Gasteiger partial charge < -0.3 is 148 Å². The van der Waals surface area contributed by atoms with E-state index in [1.807, 2.05) is 21.6 Å². The first-order chi connectivity index (χ1) is 68.7. The number of nitro benzene ring substituents is 2. The molecular weight excluding hydrogens is 1960 g/mol. The molecule has 0 bridgehead atoms. The van der Waals surface area contributed by atoms with Crippen LogP contribution in [0.3, 0.4) is 0 Å². The zero-order valence-electron chi connectivity index (χ0n) is 79.2. The highest BCUT2D eigenvalue weighted by atomic mass is 32.2. The number of nitrogens with zero attached hydrogens (tertiary/aromatic N) is 10. The molecule has 0 aliphatic carbocycles. The number of aliphatic hydroxyl groups excluding tert-OH is 8. The Morgan fingerprint density at radius 2 is 0.764 bits per heavy atom. The van der Waals surface area contributed by atoms with Crippen LogP contribution < -0.4 is 57.3 Å². The number of ether oxygens (including phenoxy) is 6. The van der Waals surface area contributed by atoms with E-state index in [1.165, 1.54) is 34.1 Å². The maximum atomic E-state index is 13.1. The van der Waals surface area contributed by atoms with Crippen molar-refractivity contribution in [3.8, 4) is 11.5 Å². The number of carboxylic acids is 6. The second kappa shape index (κ2) is 59.1. The van der Waals surface area contributed by atoms with E-state index >= 15 is 0 Å². The quantitative estimate of drug-likeness (QED) is 0.0127. The fraction of sp³-hybridized carbons (Fsp3) is 0.709. The van der Waals surface area contributed by atoms with Crippen LogP contribution in [-0.4, -0.2) is 495 Å². The molecule has 8 aliphatic rings. The molecule has 0 aromatic heterocycles. The molecule has 23 N–H and O–H groups in total. The van der Waals surface area contributed by atoms with Gasteiger partial charge in [0.1, 0.15) is 73.5 Å². The van der Waals surface area contributed by atoms with E-state index in [-0.39, 0.29) is 214 Å². The molecule has 18 atom stereocenters. The Bertz CT molecular complexity index is 4550. The Hall–Kier alpha value is -10.9. The minimum Gasteiger partial charge on any atom is -0.480 e. The van der Waals surface area contributed by atoms with Gasteiger partial charge in [-0.1, -0.05) is 19.3 Å². The lowest BCUT2D eigenvalue weighted by Gasteiger charge is -2.39. The minimum atomic E-state index is -1.77. The van der Waals surface area contributed by atoms with E-state index in [1.54, 1.807) is 31.4 Å². The van der Waals surface area contributed by atoms with Gasteiger partial charge in [-0.3, -0.25) is 93.0 Å². The maximum Gasteiger partial charge on any atom is 0.407 e. The molecule has 58 heteroatoms. The number of carbonyl (C=O) groups excluding carboxylic acids is 7. The first-order valence-corrected chi connectivity index (χ1v) is 49.5. The molecule has 2 aromatic rings. The first kappa shape index (κ1) is 117. The number of unbranched alkanes of at least 4 members (excludes halogenated alkanes) is 4. The number of hydrogen-bond donors (Lipinski definition) is 23. The monoisotopic (exact) mass is 2090 g/mol. The summed E-state index contributed by atoms with van der Waals surface area (Å²) in [4.78, 5) is 196. The van der Waals surface area contributed by atoms with Crippen molar-refractivity contribution >= 4 is 113 Å². The molecule has 8 fully saturated rings. The summed E-state index contributed by atoms with van der Waals surface area (Å²) < 4.78 is 32.0. The smallest absolute Gasteiger partial charge is 0.407 e. The second-order valence-corrected chi connectivity index (χ2v) is 38.2. The second-order valence-electron chi connectivity index (χ2n) is 35.7. The van der Waals surface area contributed by atoms with Crippen LogP contribution in [0.4, 0.5) is 30.6 Å². The van der Waals surface area contributed by atoms with E-state index in [0.29, 0.717) is 50.3 Å². The molecule has 806 valence electrons. The van der Waals surface area contributed by atoms with E-state index < -0.39 is 207 Å². The lowest BCUT2D eigenvalue weighted by molar-refractivity contribution is -0.386. The zero-order chi connectivity index (χ0) is 105. The Kier molecular flexibility index (Phi) is 47.9. The van der Waals surface area contributed by atoms with Gasteiger partial charge in [0, 0.05) is 179 Å². The predicted molar refractivity (Wildman–Crippen MR) is 502 cm³/mol. The SMILES string of the molecule is O=C(O)CN1CCN(CCNC(=O)OCc2ccc(OC3OC(CO)C(O)C(O)C3O)cc2[N+](=O)[O-])CCN(CC(=O)O)CCN(C(NC(=O)CCCCC2SCC3NC(=O)NC32)C(=O)O)CC1.O=C(O)CN1CCN(CCNC(=O)OCc2ccc(OC3OC(CO)C(O)C(O)C3O)cc2[N+](=O)[O-])CCN(CC(=O)O)CCN(C(NC(=O)CCCCCNC(=O)CCCCC2SCC3NC(=O)NC32)C(=O)O)CC1. The van der Waals surface area contributed by atoms with Gasteiger partial charge in [0.05, 0.1) is 96.7 Å². The van der Waals surface area contributed by atoms with Crippen molar-refractivity contribution in [1.29, 1.82) is 0 Å². The third-order valence-electron chi connectivity index (χ3n) is 25.4. The van der Waals surface area contributed by atoms with Crippen LogP contribution in [0.1, 0.15) is 88.2 Å². The third kappa shape index (κ3) is 37.9. The lowest BCUT2D eigenvalue weighted by atomic mass is 9.99. The standard InChI is InChI=1S/C46H72N10O19S.C40H61N9O18S/c57-25-32-39(64)40(65)41(66)44(75-32)74-29-10-9-28(31(22-29)56(71)72)26-73-46(70)48-12-13-52-14-16-53(23-36(60)61)18-20-55(21-19-54(17-15-52)24-37(62)63)42(43(67)68)50-35(59)8-2-1-5-11-47-34(58)7-4-3-6-33-38-30(27-76-33)49-45(69)51-38;50-20-27-33(56)34(57)35(58)38(67-27)66-24-6-5-23(26(17-24)49(63)64)21-65-40(62)41-7-8-45-9-11-46(18-30(52)53)13-15-48(16-14-47(12-10-45)19-31(54)55)36(37(59)60)43-29(51)4-2-1-3-28-32-25(22-68-28)42-39(61)44-32/h9-10,22,30,32-33,38-42,44,57,64-66H,1-8,11-21,23-27H2,(H,47,58)(H,48,70)(H,50,59)(H,60,61)(H,62,63)(H,67,68)(H2,49,51,69);5-6,17,25,27-28,32-36,38,50,56-58H,1-4,7-16,18-22H2,(H,41,62)(H,43,51)(H,52,53)(H,54,55)(H,59,60)(H2,42,44,61). The summed E-state index contributed by atoms with van der Waals surface area (Å²) in [5.74, 6) is -7.03. The van der Waals surface area contributed by atoms with Crippen LogP contribution in [-0.2, 0) is 75.3 Å². The number of urea groups is 2. The van der Waals surface area contributed by atoms with Gasteiger partial charge >= 0.3 is 60.1 Å². The van der Waals surface area contributed by atoms with Gasteiger partial charge in [-0.25, -0.2) is 28.8 Å². The zero-order valence-corrected chi connectivity index (χ0v) is 80.8. The summed E-state index contributed by atoms with van der Waals surface area (Å²) >= 11 is 3.58. The molecule has 18 unspecified atom stereocenters. The van der Waals surface area contributed by atoms with E-state index in [4.69, 9.17) is 28.4 Å². The van der Waals surface area contributed by atoms with Crippen LogP contribution in [0, 0.1) is 20.2 Å². The highest BCUT2D eigenvalue weighted by molar-refractivity contribution is 8.00. The molecule has 8 saturated heterocycles. The first-order valence-electron chi connectivity index (χ1n) is 47.4. The molecule has 8 aliphatic heterocycles. The summed E-state index contributed by atoms with van der Waals surface area (Å²) in [6, 6.07) is 6.98. The Balaban J connectivity index is 0.000000323. The number of fused-ring (bicyclic) bond motifs is 2. The highest BCUT2D eigenvalue weighted by Gasteiger charge is 2.49. The van der Waals surface area contributed by atoms with Crippen molar-refractivity contribution in [3.05, 3.63) is 67.8 Å². The van der Waals surface area contributed by atoms with E-state index in [0.717, 1.165) is 49.3 Å². The Labute approximate surface area is 834 Å². The van der Waals surface area contributed by atoms with Crippen LogP contribution in [0.5, 0.6) is 11.5 Å². The lowest BCUT2D eigenvalue weighted by Crippen LogP contribution is -2.60. The normalized spacial score (nSPS) is 26.1. The van der Waals surface area contributed by atoms with Gasteiger partial charge in [-0.15, -0.1) is 0 Å². The van der Waals surface area contributed by atoms with Crippen LogP contribution in [0.15, 0.2) is 36.4 Å². The number of nitrogens with one attached hydrogen (secondary N) is 9. The molecule has 0 spiro atoms. The van der Waals surface area contributed by atoms with Gasteiger partial charge in [0.2, 0.25) is 30.3 Å². The molecule has 144 heavy (non-hydrogen) atoms. The van der Waals surface area contributed by atoms with Gasteiger partial charge in [0.15, 0.2) is 12.3 Å². The number of nitro groups is 2. The highest BCUT2D eigenvalue weighted by Crippen LogP contribution is 2.37. The van der Waals surface area contributed by atoms with E-state index in [9.17, 15) is 154 Å². The van der Waals surface area contributed by atoms with Crippen LogP contribution >= 0.6 is 23.5 Å². The average Bonchev–Trinajstić information content (AvgIpc) is 1.73. The maximum absolute atomic E-state index is 13.1. The van der Waals surface area contributed by atoms with Crippen molar-refractivity contribution in [2.45, 2.75) is 199 Å². The summed E-state index contributed by atoms with van der Waals surface area (Å²) in [5.41, 5.74) is -1.14. The Morgan fingerprint density at radius 1 is 0.424 bits per heavy atom. The number of aliphatic hydroxyl groups is 8. The molecule has 0 radical (unpaired) electrons. The molecule has 10 rings (SSSR count). The molecule has 9 amide bonds. The number of alkyl carbamates (subject to hydrolysis) is 2. The fourth-order valence-corrected chi connectivity index (χ4v) is 20.5. The summed E-state index contributed by atoms with van der Waals surface area (Å²) in [7, 11) is 0. The molecule has 56 nitrogen and oxygen atoms in total. The number of carboxylic acid groups (broad SMARTS) is 6. The number of aliphatic carboxylic acids is 6. The van der Waals surface area contributed by atoms with Crippen molar-refractivity contribution in [3.63, 3.8) is 0 Å². The number of rotatable bonds is 48. The molecule has 2 aromatic carbocycles. The number of thioether (sulfide) groups is 2. The summed E-state index contributed by atoms with van der Waals surface area (Å²) in [5, 5.41) is 188. The van der Waals surface area contributed by atoms with Crippen LogP contribution in [0.25, 0.3) is 0 Å². The fourth-order valence-electron chi connectivity index (χ4n) is 17.4. The average molecular weight is 2090 g/mol. The number of hydrogen-bond acceptors (Lipinski definition) is 41. The number of benzene rings is 2. The minimum absolute atomic E-state index is 0.00530. The summed E-state index contributed by atoms with van der Waals surface area (Å²) in [6.45, 7) is -1.50. The largest absolute Gasteiger partial charge is 0.480 e. The van der Waals surface area contributed by atoms with Crippen molar-refractivity contribution in [2.24, 2.45) is 0 Å². The number of carbonyl (C=O) groups is 13.